The molecule has 2 aliphatic heterocycles. The lowest BCUT2D eigenvalue weighted by molar-refractivity contribution is 0.0325. The van der Waals surface area contributed by atoms with E-state index in [-0.39, 0.29) is 37.4 Å². The van der Waals surface area contributed by atoms with Crippen LogP contribution in [0.25, 0.3) is 0 Å². The molecule has 0 spiro atoms. The van der Waals surface area contributed by atoms with Crippen LogP contribution in [0, 0.1) is 17.8 Å². The second-order valence-corrected chi connectivity index (χ2v) is 10.1. The third-order valence-electron chi connectivity index (χ3n) is 6.53. The SMILES string of the molecule is C[C@@H]1CN([C@H](C)CO)C(=O)c2cc(C#CCN(C)C)cnc2O[C@@H]1CN(C)Cc1ccc2c(c1)OCO2. The molecule has 1 amide bonds. The Hall–Kier alpha value is -3.32. The maximum absolute atomic E-state index is 13.5. The van der Waals surface area contributed by atoms with Gasteiger partial charge in [0, 0.05) is 37.3 Å². The van der Waals surface area contributed by atoms with Crippen LogP contribution in [0.5, 0.6) is 17.4 Å². The first kappa shape index (κ1) is 26.7. The molecule has 3 heterocycles. The van der Waals surface area contributed by atoms with Gasteiger partial charge in [0.15, 0.2) is 11.5 Å². The number of amides is 1. The molecule has 9 nitrogen and oxygen atoms in total. The first-order valence-electron chi connectivity index (χ1n) is 12.5. The van der Waals surface area contributed by atoms with Crippen molar-refractivity contribution in [3.05, 3.63) is 47.2 Å². The van der Waals surface area contributed by atoms with Gasteiger partial charge in [0.1, 0.15) is 11.7 Å². The standard InChI is InChI=1S/C28H36N4O5/c1-19-14-32(20(2)17-33)28(34)23-11-21(7-6-10-30(3)4)13-29-27(23)37-26(19)16-31(5)15-22-8-9-24-25(12-22)36-18-35-24/h8-9,11-13,19-20,26,33H,10,14-18H2,1-5H3/t19-,20-,26-/m1/s1. The highest BCUT2D eigenvalue weighted by Gasteiger charge is 2.34. The first-order valence-corrected chi connectivity index (χ1v) is 12.5. The molecule has 0 saturated carbocycles. The van der Waals surface area contributed by atoms with Crippen LogP contribution < -0.4 is 14.2 Å². The molecule has 0 saturated heterocycles. The molecular weight excluding hydrogens is 472 g/mol. The number of rotatable bonds is 7. The number of hydrogen-bond acceptors (Lipinski definition) is 8. The van der Waals surface area contributed by atoms with E-state index < -0.39 is 0 Å². The van der Waals surface area contributed by atoms with Gasteiger partial charge in [-0.2, -0.15) is 0 Å². The molecule has 3 atom stereocenters. The van der Waals surface area contributed by atoms with Crippen LogP contribution in [0.1, 0.15) is 35.3 Å². The van der Waals surface area contributed by atoms with Crippen LogP contribution in [-0.2, 0) is 6.54 Å². The van der Waals surface area contributed by atoms with E-state index in [1.54, 1.807) is 17.2 Å². The summed E-state index contributed by atoms with van der Waals surface area (Å²) in [5.74, 6) is 7.78. The number of benzene rings is 1. The molecule has 1 N–H and O–H groups in total. The summed E-state index contributed by atoms with van der Waals surface area (Å²) < 4.78 is 17.3. The molecule has 0 radical (unpaired) electrons. The second-order valence-electron chi connectivity index (χ2n) is 10.1. The number of aliphatic hydroxyl groups excluding tert-OH is 1. The van der Waals surface area contributed by atoms with Crippen LogP contribution in [0.15, 0.2) is 30.5 Å². The number of hydrogen-bond donors (Lipinski definition) is 1. The Morgan fingerprint density at radius 2 is 2.00 bits per heavy atom. The largest absolute Gasteiger partial charge is 0.472 e. The van der Waals surface area contributed by atoms with Crippen molar-refractivity contribution in [2.75, 3.05) is 54.2 Å². The lowest BCUT2D eigenvalue weighted by Crippen LogP contribution is -2.49. The van der Waals surface area contributed by atoms with Crippen molar-refractivity contribution in [2.24, 2.45) is 5.92 Å². The average Bonchev–Trinajstić information content (AvgIpc) is 3.33. The lowest BCUT2D eigenvalue weighted by atomic mass is 9.99. The topological polar surface area (TPSA) is 87.6 Å². The fraction of sp³-hybridized carbons (Fsp3) is 0.500. The molecular formula is C28H36N4O5. The van der Waals surface area contributed by atoms with Crippen molar-refractivity contribution in [3.8, 4) is 29.2 Å². The number of aromatic nitrogens is 1. The van der Waals surface area contributed by atoms with E-state index in [1.807, 2.05) is 51.2 Å². The van der Waals surface area contributed by atoms with Gasteiger partial charge in [0.05, 0.1) is 19.2 Å². The molecule has 198 valence electrons. The minimum atomic E-state index is -0.337. The van der Waals surface area contributed by atoms with Gasteiger partial charge in [-0.05, 0) is 51.8 Å². The lowest BCUT2D eigenvalue weighted by Gasteiger charge is -2.37. The predicted octanol–water partition coefficient (Wildman–Crippen LogP) is 2.08. The Morgan fingerprint density at radius 3 is 2.76 bits per heavy atom. The van der Waals surface area contributed by atoms with E-state index in [4.69, 9.17) is 14.2 Å². The van der Waals surface area contributed by atoms with E-state index in [2.05, 4.69) is 28.6 Å². The van der Waals surface area contributed by atoms with Gasteiger partial charge >= 0.3 is 0 Å². The highest BCUT2D eigenvalue weighted by Crippen LogP contribution is 2.33. The summed E-state index contributed by atoms with van der Waals surface area (Å²) in [6, 6.07) is 7.37. The van der Waals surface area contributed by atoms with Crippen LogP contribution in [0.2, 0.25) is 0 Å². The molecule has 0 aliphatic carbocycles. The average molecular weight is 509 g/mol. The minimum Gasteiger partial charge on any atom is -0.472 e. The van der Waals surface area contributed by atoms with Crippen LogP contribution >= 0.6 is 0 Å². The summed E-state index contributed by atoms with van der Waals surface area (Å²) in [6.07, 6.45) is 1.42. The summed E-state index contributed by atoms with van der Waals surface area (Å²) in [5, 5.41) is 9.87. The van der Waals surface area contributed by atoms with Crippen LogP contribution in [-0.4, -0.2) is 97.0 Å². The van der Waals surface area contributed by atoms with Gasteiger partial charge in [0.25, 0.3) is 5.91 Å². The van der Waals surface area contributed by atoms with Crippen molar-refractivity contribution in [1.82, 2.24) is 19.7 Å². The fourth-order valence-corrected chi connectivity index (χ4v) is 4.41. The fourth-order valence-electron chi connectivity index (χ4n) is 4.41. The summed E-state index contributed by atoms with van der Waals surface area (Å²) in [5.41, 5.74) is 2.13. The molecule has 0 unspecified atom stereocenters. The zero-order chi connectivity index (χ0) is 26.5. The maximum Gasteiger partial charge on any atom is 0.259 e. The van der Waals surface area contributed by atoms with E-state index >= 15 is 0 Å². The third kappa shape index (κ3) is 6.52. The second kappa shape index (κ2) is 11.8. The van der Waals surface area contributed by atoms with Crippen molar-refractivity contribution < 1.29 is 24.1 Å². The molecule has 1 aromatic carbocycles. The van der Waals surface area contributed by atoms with E-state index in [9.17, 15) is 9.90 Å². The zero-order valence-corrected chi connectivity index (χ0v) is 22.2. The maximum atomic E-state index is 13.5. The zero-order valence-electron chi connectivity index (χ0n) is 22.2. The van der Waals surface area contributed by atoms with Crippen molar-refractivity contribution in [2.45, 2.75) is 32.5 Å². The van der Waals surface area contributed by atoms with Crippen LogP contribution in [0.3, 0.4) is 0 Å². The number of likely N-dealkylation sites (N-methyl/N-ethyl adjacent to an activating group) is 1. The molecule has 37 heavy (non-hydrogen) atoms. The van der Waals surface area contributed by atoms with E-state index in [0.717, 1.165) is 17.1 Å². The molecule has 0 bridgehead atoms. The van der Waals surface area contributed by atoms with Gasteiger partial charge in [-0.15, -0.1) is 0 Å². The van der Waals surface area contributed by atoms with Crippen molar-refractivity contribution in [1.29, 1.82) is 0 Å². The summed E-state index contributed by atoms with van der Waals surface area (Å²) in [6.45, 7) is 6.41. The molecule has 9 heteroatoms. The Morgan fingerprint density at radius 1 is 1.22 bits per heavy atom. The summed E-state index contributed by atoms with van der Waals surface area (Å²) in [7, 11) is 5.93. The van der Waals surface area contributed by atoms with Crippen molar-refractivity contribution >= 4 is 5.91 Å². The number of nitrogens with zero attached hydrogens (tertiary/aromatic N) is 4. The van der Waals surface area contributed by atoms with Gasteiger partial charge in [-0.1, -0.05) is 24.8 Å². The van der Waals surface area contributed by atoms with E-state index in [1.165, 1.54) is 0 Å². The highest BCUT2D eigenvalue weighted by molar-refractivity contribution is 5.97. The van der Waals surface area contributed by atoms with Gasteiger partial charge in [-0.25, -0.2) is 4.98 Å². The van der Waals surface area contributed by atoms with Gasteiger partial charge in [-0.3, -0.25) is 14.6 Å². The minimum absolute atomic E-state index is 0.00617. The number of carbonyl (C=O) groups is 1. The van der Waals surface area contributed by atoms with E-state index in [0.29, 0.717) is 43.2 Å². The smallest absolute Gasteiger partial charge is 0.259 e. The Kier molecular flexibility index (Phi) is 8.54. The first-order chi connectivity index (χ1) is 17.7. The monoisotopic (exact) mass is 508 g/mol. The molecule has 2 aromatic rings. The quantitative estimate of drug-likeness (QED) is 0.569. The number of fused-ring (bicyclic) bond motifs is 2. The molecule has 0 fully saturated rings. The summed E-state index contributed by atoms with van der Waals surface area (Å²) >= 11 is 0. The van der Waals surface area contributed by atoms with Crippen LogP contribution in [0.4, 0.5) is 0 Å². The van der Waals surface area contributed by atoms with Crippen molar-refractivity contribution in [3.63, 3.8) is 0 Å². The van der Waals surface area contributed by atoms with Gasteiger partial charge in [0.2, 0.25) is 12.7 Å². The normalized spacial score (nSPS) is 19.6. The molecule has 1 aromatic heterocycles. The molecule has 4 rings (SSSR count). The summed E-state index contributed by atoms with van der Waals surface area (Å²) in [4.78, 5) is 23.9. The number of ether oxygens (including phenoxy) is 3. The highest BCUT2D eigenvalue weighted by atomic mass is 16.7. The van der Waals surface area contributed by atoms with Gasteiger partial charge < -0.3 is 24.2 Å². The number of carbonyl (C=O) groups excluding carboxylic acids is 1. The number of aliphatic hydroxyl groups is 1. The number of pyridine rings is 1. The predicted molar refractivity (Wildman–Crippen MR) is 140 cm³/mol. The Bertz CT molecular complexity index is 1170. The Labute approximate surface area is 218 Å². The third-order valence-corrected chi connectivity index (χ3v) is 6.53. The molecule has 2 aliphatic rings. The Balaban J connectivity index is 1.57.